The van der Waals surface area contributed by atoms with Crippen molar-refractivity contribution in [1.29, 1.82) is 0 Å². The molecule has 3 unspecified atom stereocenters. The van der Waals surface area contributed by atoms with Crippen LogP contribution in [0.4, 0.5) is 11.4 Å². The van der Waals surface area contributed by atoms with Gasteiger partial charge < -0.3 is 9.47 Å². The molecule has 10 rings (SSSR count). The molecule has 1 aliphatic heterocycles. The Morgan fingerprint density at radius 1 is 0.700 bits per heavy atom. The first-order valence-electron chi connectivity index (χ1n) is 18.2. The predicted octanol–water partition coefficient (Wildman–Crippen LogP) is 11.2. The van der Waals surface area contributed by atoms with Crippen molar-refractivity contribution < 1.29 is 0 Å². The lowest BCUT2D eigenvalue weighted by Crippen LogP contribution is -2.28. The highest BCUT2D eigenvalue weighted by atomic mass is 15.2. The van der Waals surface area contributed by atoms with E-state index < -0.39 is 0 Å². The second-order valence-electron chi connectivity index (χ2n) is 14.2. The Hall–Kier alpha value is -5.67. The highest BCUT2D eigenvalue weighted by Crippen LogP contribution is 2.49. The van der Waals surface area contributed by atoms with E-state index in [1.165, 1.54) is 61.9 Å². The van der Waals surface area contributed by atoms with Gasteiger partial charge in [0.2, 0.25) is 0 Å². The normalized spacial score (nSPS) is 21.5. The molecule has 3 atom stereocenters. The number of pyridine rings is 1. The number of fused-ring (bicyclic) bond motifs is 6. The number of rotatable bonds is 5. The lowest BCUT2D eigenvalue weighted by Gasteiger charge is -2.28. The number of para-hydroxylation sites is 1. The van der Waals surface area contributed by atoms with E-state index in [4.69, 9.17) is 0 Å². The quantitative estimate of drug-likeness (QED) is 0.190. The maximum absolute atomic E-state index is 4.32. The summed E-state index contributed by atoms with van der Waals surface area (Å²) < 4.78 is 2.62. The molecule has 0 bridgehead atoms. The summed E-state index contributed by atoms with van der Waals surface area (Å²) in [4.78, 5) is 6.85. The maximum atomic E-state index is 4.32. The molecule has 5 aromatic rings. The zero-order chi connectivity index (χ0) is 33.0. The van der Waals surface area contributed by atoms with Crippen molar-refractivity contribution in [2.24, 2.45) is 0 Å². The second-order valence-corrected chi connectivity index (χ2v) is 14.2. The first-order valence-corrected chi connectivity index (χ1v) is 18.2. The van der Waals surface area contributed by atoms with Gasteiger partial charge in [-0.2, -0.15) is 0 Å². The summed E-state index contributed by atoms with van der Waals surface area (Å²) in [7, 11) is 0. The van der Waals surface area contributed by atoms with Crippen molar-refractivity contribution in [3.8, 4) is 0 Å². The fourth-order valence-corrected chi connectivity index (χ4v) is 9.06. The first kappa shape index (κ1) is 29.3. The summed E-state index contributed by atoms with van der Waals surface area (Å²) >= 11 is 0. The van der Waals surface area contributed by atoms with Crippen LogP contribution in [0.5, 0.6) is 0 Å². The third-order valence-corrected chi connectivity index (χ3v) is 11.4. The van der Waals surface area contributed by atoms with Crippen molar-refractivity contribution in [2.75, 3.05) is 4.90 Å². The smallest absolute Gasteiger partial charge is 0.0629 e. The Morgan fingerprint density at radius 3 is 2.36 bits per heavy atom. The van der Waals surface area contributed by atoms with Gasteiger partial charge in [0.05, 0.1) is 6.04 Å². The summed E-state index contributed by atoms with van der Waals surface area (Å²) in [5.74, 6) is 0.638. The first-order chi connectivity index (χ1) is 24.8. The van der Waals surface area contributed by atoms with Crippen molar-refractivity contribution in [3.63, 3.8) is 0 Å². The third kappa shape index (κ3) is 4.83. The molecule has 50 heavy (non-hydrogen) atoms. The number of hydrogen-bond donors (Lipinski definition) is 0. The molecule has 3 heteroatoms. The highest BCUT2D eigenvalue weighted by Gasteiger charge is 2.38. The molecular weight excluding hydrogens is 607 g/mol. The monoisotopic (exact) mass is 645 g/mol. The Kier molecular flexibility index (Phi) is 7.04. The lowest BCUT2D eigenvalue weighted by atomic mass is 9.85. The van der Waals surface area contributed by atoms with Crippen LogP contribution >= 0.6 is 0 Å². The zero-order valence-corrected chi connectivity index (χ0v) is 28.1. The second kappa shape index (κ2) is 12.0. The van der Waals surface area contributed by atoms with E-state index >= 15 is 0 Å². The van der Waals surface area contributed by atoms with E-state index in [-0.39, 0.29) is 0 Å². The van der Waals surface area contributed by atoms with Crippen molar-refractivity contribution >= 4 is 40.4 Å². The predicted molar refractivity (Wildman–Crippen MR) is 208 cm³/mol. The summed E-state index contributed by atoms with van der Waals surface area (Å²) in [5.41, 5.74) is 17.8. The van der Waals surface area contributed by atoms with Crippen molar-refractivity contribution in [3.05, 3.63) is 191 Å². The Bertz CT molecular complexity index is 2300. The molecule has 0 saturated carbocycles. The Morgan fingerprint density at radius 2 is 1.50 bits per heavy atom. The Balaban J connectivity index is 1.10. The van der Waals surface area contributed by atoms with Gasteiger partial charge in [-0.3, -0.25) is 4.98 Å². The maximum Gasteiger partial charge on any atom is 0.0629 e. The molecule has 5 aliphatic rings. The summed E-state index contributed by atoms with van der Waals surface area (Å²) in [6.45, 7) is 0. The molecule has 0 saturated heterocycles. The molecule has 0 spiro atoms. The van der Waals surface area contributed by atoms with Crippen LogP contribution in [0.1, 0.15) is 75.9 Å². The van der Waals surface area contributed by atoms with E-state index in [0.29, 0.717) is 17.9 Å². The molecule has 0 N–H and O–H groups in total. The van der Waals surface area contributed by atoms with Crippen LogP contribution in [0.2, 0.25) is 0 Å². The standard InChI is InChI=1S/C47H39N3/c1-3-11-32(12-4-1)36-27-37(33-23-25-48-26-24-33)29-39(28-36)50-44-17-9-7-15-40(44)42-21-19-35(31-47(42)50)34-20-22-46-43(30-34)41-16-8-10-18-45(41)49(46)38-13-5-2-6-14-38/h1-6,8-14,16-18,20,22-27,29-31,36,41,45H,7,15,19,21,28H2. The van der Waals surface area contributed by atoms with E-state index in [2.05, 4.69) is 160 Å². The molecule has 4 aliphatic carbocycles. The minimum Gasteiger partial charge on any atom is -0.333 e. The van der Waals surface area contributed by atoms with E-state index in [1.807, 2.05) is 12.4 Å². The molecular formula is C47H39N3. The van der Waals surface area contributed by atoms with Gasteiger partial charge in [-0.1, -0.05) is 91.1 Å². The Labute approximate surface area is 294 Å². The van der Waals surface area contributed by atoms with Crippen molar-refractivity contribution in [1.82, 2.24) is 9.55 Å². The number of benzene rings is 3. The van der Waals surface area contributed by atoms with Gasteiger partial charge in [0, 0.05) is 52.7 Å². The minimum atomic E-state index is 0.294. The van der Waals surface area contributed by atoms with Crippen molar-refractivity contribution in [2.45, 2.75) is 50.0 Å². The number of allylic oxidation sites excluding steroid dienone is 8. The van der Waals surface area contributed by atoms with Crippen LogP contribution in [-0.4, -0.2) is 15.6 Å². The largest absolute Gasteiger partial charge is 0.333 e. The van der Waals surface area contributed by atoms with Crippen LogP contribution in [0.15, 0.2) is 146 Å². The molecule has 0 radical (unpaired) electrons. The zero-order valence-electron chi connectivity index (χ0n) is 28.1. The topological polar surface area (TPSA) is 21.1 Å². The van der Waals surface area contributed by atoms with Gasteiger partial charge in [0.1, 0.15) is 0 Å². The lowest BCUT2D eigenvalue weighted by molar-refractivity contribution is 0.744. The summed E-state index contributed by atoms with van der Waals surface area (Å²) in [5, 5.41) is 0. The van der Waals surface area contributed by atoms with Crippen LogP contribution in [0.25, 0.3) is 29.0 Å². The van der Waals surface area contributed by atoms with Gasteiger partial charge in [0.25, 0.3) is 0 Å². The average Bonchev–Trinajstić information content (AvgIpc) is 3.71. The van der Waals surface area contributed by atoms with Crippen LogP contribution in [0, 0.1) is 0 Å². The van der Waals surface area contributed by atoms with E-state index in [1.54, 1.807) is 11.1 Å². The molecule has 3 heterocycles. The SMILES string of the molecule is C1=CC2c3cc(C4=Cc5c(c6c(n5C5=CC(c7ccncc7)=CC(c7ccccc7)C5)C=CCC6)CC4)ccc3N(c3ccccc3)C2C=C1. The van der Waals surface area contributed by atoms with Gasteiger partial charge in [0.15, 0.2) is 0 Å². The number of nitrogens with zero attached hydrogens (tertiary/aromatic N) is 3. The number of aromatic nitrogens is 2. The molecule has 2 aromatic heterocycles. The van der Waals surface area contributed by atoms with Gasteiger partial charge in [-0.25, -0.2) is 0 Å². The highest BCUT2D eigenvalue weighted by molar-refractivity contribution is 5.90. The van der Waals surface area contributed by atoms with Gasteiger partial charge in [-0.05, 0) is 131 Å². The van der Waals surface area contributed by atoms with Crippen LogP contribution < -0.4 is 4.90 Å². The average molecular weight is 646 g/mol. The summed E-state index contributed by atoms with van der Waals surface area (Å²) in [6, 6.07) is 33.7. The molecule has 3 aromatic carbocycles. The summed E-state index contributed by atoms with van der Waals surface area (Å²) in [6.07, 6.45) is 30.5. The van der Waals surface area contributed by atoms with E-state index in [0.717, 1.165) is 32.1 Å². The molecule has 0 fully saturated rings. The number of anilines is 2. The molecule has 0 amide bonds. The van der Waals surface area contributed by atoms with Crippen LogP contribution in [-0.2, 0) is 12.8 Å². The fourth-order valence-electron chi connectivity index (χ4n) is 9.06. The third-order valence-electron chi connectivity index (χ3n) is 11.4. The fraction of sp³-hybridized carbons (Fsp3) is 0.170. The number of hydrogen-bond acceptors (Lipinski definition) is 2. The molecule has 3 nitrogen and oxygen atoms in total. The molecule has 242 valence electrons. The van der Waals surface area contributed by atoms with Crippen LogP contribution in [0.3, 0.4) is 0 Å². The van der Waals surface area contributed by atoms with Gasteiger partial charge in [-0.15, -0.1) is 0 Å². The van der Waals surface area contributed by atoms with Gasteiger partial charge >= 0.3 is 0 Å². The van der Waals surface area contributed by atoms with E-state index in [9.17, 15) is 0 Å². The minimum absolute atomic E-state index is 0.294.